The third kappa shape index (κ3) is 7.80. The van der Waals surface area contributed by atoms with Gasteiger partial charge in [0, 0.05) is 43.8 Å². The van der Waals surface area contributed by atoms with E-state index < -0.39 is 62.6 Å². The van der Waals surface area contributed by atoms with E-state index in [0.717, 1.165) is 38.5 Å². The number of urea groups is 1. The number of carbonyl (C=O) groups excluding carboxylic acids is 4. The van der Waals surface area contributed by atoms with Crippen LogP contribution in [0.15, 0.2) is 43.1 Å². The molecule has 0 unspecified atom stereocenters. The number of aromatic nitrogens is 2. The van der Waals surface area contributed by atoms with Crippen LogP contribution in [0.4, 0.5) is 4.79 Å². The van der Waals surface area contributed by atoms with Gasteiger partial charge in [-0.2, -0.15) is 0 Å². The molecule has 3 N–H and O–H groups in total. The van der Waals surface area contributed by atoms with Crippen LogP contribution in [0.1, 0.15) is 76.2 Å². The minimum atomic E-state index is -3.89. The molecule has 6 aliphatic rings. The number of allylic oxidation sites excluding steroid dienone is 1. The molecule has 3 aliphatic heterocycles. The second kappa shape index (κ2) is 15.2. The van der Waals surface area contributed by atoms with E-state index in [2.05, 4.69) is 26.9 Å². The maximum atomic E-state index is 14.8. The van der Waals surface area contributed by atoms with Crippen molar-refractivity contribution in [2.75, 3.05) is 26.2 Å². The number of rotatable bonds is 7. The molecule has 15 nitrogen and oxygen atoms in total. The Morgan fingerprint density at radius 2 is 1.87 bits per heavy atom. The zero-order valence-electron chi connectivity index (χ0n) is 30.9. The largest absolute Gasteiger partial charge is 0.472 e. The lowest BCUT2D eigenvalue weighted by atomic mass is 9.96. The van der Waals surface area contributed by atoms with Crippen molar-refractivity contribution in [2.45, 2.75) is 106 Å². The Bertz CT molecular complexity index is 2000. The number of amides is 5. The van der Waals surface area contributed by atoms with Gasteiger partial charge in [0.1, 0.15) is 23.7 Å². The van der Waals surface area contributed by atoms with Gasteiger partial charge in [-0.3, -0.25) is 24.1 Å². The molecule has 2 saturated heterocycles. The maximum Gasteiger partial charge on any atom is 0.318 e. The van der Waals surface area contributed by atoms with Crippen LogP contribution in [-0.2, 0) is 29.1 Å². The number of hydrogen-bond acceptors (Lipinski definition) is 10. The van der Waals surface area contributed by atoms with Gasteiger partial charge in [-0.05, 0) is 75.5 Å². The van der Waals surface area contributed by atoms with E-state index in [1.165, 1.54) is 11.0 Å². The Morgan fingerprint density at radius 3 is 2.64 bits per heavy atom. The predicted octanol–water partition coefficient (Wildman–Crippen LogP) is 2.81. The van der Waals surface area contributed by atoms with Crippen molar-refractivity contribution in [1.29, 1.82) is 0 Å². The van der Waals surface area contributed by atoms with Gasteiger partial charge in [0.25, 0.3) is 5.91 Å². The summed E-state index contributed by atoms with van der Waals surface area (Å²) in [5.41, 5.74) is 0.468. The third-order valence-electron chi connectivity index (χ3n) is 12.0. The first-order chi connectivity index (χ1) is 26.5. The van der Waals surface area contributed by atoms with Gasteiger partial charge in [-0.15, -0.1) is 6.58 Å². The SMILES string of the molecule is C=C[C@H]1C[C@]1(NC(=O)[C@@H]1C[C@@H]2CN1C(=O)[C@H](C1CCCC1)NC(=O)N1CC[C@@H](C1)OCCC/C=C/c1cc3ncccc3nc1O2)C(=O)NS(=O)(=O)C1CC1. The molecule has 3 aliphatic carbocycles. The number of fused-ring (bicyclic) bond motifs is 6. The Balaban J connectivity index is 1.12. The molecule has 0 spiro atoms. The molecule has 3 saturated carbocycles. The first-order valence-electron chi connectivity index (χ1n) is 19.6. The number of ether oxygens (including phenoxy) is 2. The quantitative estimate of drug-likeness (QED) is 0.353. The normalized spacial score (nSPS) is 31.0. The highest BCUT2D eigenvalue weighted by Gasteiger charge is 2.62. The maximum absolute atomic E-state index is 14.8. The van der Waals surface area contributed by atoms with Crippen LogP contribution >= 0.6 is 0 Å². The van der Waals surface area contributed by atoms with Crippen LogP contribution in [0.2, 0.25) is 0 Å². The molecule has 5 fully saturated rings. The van der Waals surface area contributed by atoms with E-state index in [1.54, 1.807) is 17.2 Å². The van der Waals surface area contributed by atoms with Gasteiger partial charge in [0.2, 0.25) is 27.7 Å². The van der Waals surface area contributed by atoms with Crippen LogP contribution in [0, 0.1) is 11.8 Å². The highest BCUT2D eigenvalue weighted by molar-refractivity contribution is 7.91. The molecule has 294 valence electrons. The minimum absolute atomic E-state index is 0.0195. The first kappa shape index (κ1) is 37.4. The van der Waals surface area contributed by atoms with Crippen molar-refractivity contribution in [3.05, 3.63) is 48.7 Å². The summed E-state index contributed by atoms with van der Waals surface area (Å²) in [5.74, 6) is -2.14. The standard InChI is InChI=1S/C39H49N7O8S/c1-2-26-21-39(26,37(49)44-55(51,52)29-13-14-29)43-34(47)32-20-28-23-46(32)36(48)33(24-9-5-6-10-24)42-38(50)45-17-15-27(22-45)53-18-7-3-4-11-25-19-31-30(12-8-16-40-31)41-35(25)54-28/h2,4,8,11-12,16,19,24,26-29,32-33H,1,3,5-7,9-10,13-15,17-18,20-23H2,(H,42,50)(H,43,47)(H,44,49)/b11-4+/t26-,27-,28+,32-,33-,39+/m0/s1. The molecule has 5 amide bonds. The van der Waals surface area contributed by atoms with E-state index >= 15 is 0 Å². The van der Waals surface area contributed by atoms with Gasteiger partial charge < -0.3 is 29.9 Å². The number of nitrogens with one attached hydrogen (secondary N) is 3. The summed E-state index contributed by atoms with van der Waals surface area (Å²) in [6.07, 6.45) is 13.1. The monoisotopic (exact) mass is 775 g/mol. The fourth-order valence-corrected chi connectivity index (χ4v) is 9.91. The van der Waals surface area contributed by atoms with Gasteiger partial charge >= 0.3 is 6.03 Å². The molecule has 2 aromatic rings. The Labute approximate surface area is 320 Å². The minimum Gasteiger partial charge on any atom is -0.472 e. The van der Waals surface area contributed by atoms with Crippen LogP contribution in [-0.4, -0.2) is 113 Å². The average molecular weight is 776 g/mol. The number of pyridine rings is 2. The molecule has 55 heavy (non-hydrogen) atoms. The highest BCUT2D eigenvalue weighted by atomic mass is 32.2. The van der Waals surface area contributed by atoms with Gasteiger partial charge in [-0.1, -0.05) is 31.1 Å². The molecular weight excluding hydrogens is 727 g/mol. The van der Waals surface area contributed by atoms with Crippen molar-refractivity contribution < 1.29 is 37.1 Å². The molecule has 4 bridgehead atoms. The Morgan fingerprint density at radius 1 is 1.05 bits per heavy atom. The summed E-state index contributed by atoms with van der Waals surface area (Å²) in [5, 5.41) is 5.29. The van der Waals surface area contributed by atoms with Crippen molar-refractivity contribution in [1.82, 2.24) is 35.1 Å². The van der Waals surface area contributed by atoms with Crippen molar-refractivity contribution in [3.63, 3.8) is 0 Å². The second-order valence-corrected chi connectivity index (χ2v) is 17.8. The number of hydrogen-bond donors (Lipinski definition) is 3. The van der Waals surface area contributed by atoms with Crippen LogP contribution in [0.5, 0.6) is 5.88 Å². The van der Waals surface area contributed by atoms with Crippen molar-refractivity contribution >= 4 is 50.9 Å². The zero-order valence-corrected chi connectivity index (χ0v) is 31.7. The van der Waals surface area contributed by atoms with Gasteiger partial charge in [0.15, 0.2) is 0 Å². The molecule has 0 aromatic carbocycles. The molecule has 5 heterocycles. The van der Waals surface area contributed by atoms with Crippen LogP contribution in [0.3, 0.4) is 0 Å². The van der Waals surface area contributed by atoms with E-state index in [4.69, 9.17) is 14.5 Å². The smallest absolute Gasteiger partial charge is 0.318 e. The summed E-state index contributed by atoms with van der Waals surface area (Å²) in [4.78, 5) is 69.1. The molecule has 2 aromatic heterocycles. The van der Waals surface area contributed by atoms with E-state index in [1.807, 2.05) is 24.3 Å². The molecule has 0 radical (unpaired) electrons. The Hall–Kier alpha value is -4.57. The second-order valence-electron chi connectivity index (χ2n) is 15.8. The molecule has 8 rings (SSSR count). The average Bonchev–Trinajstić information content (AvgIpc) is 3.94. The summed E-state index contributed by atoms with van der Waals surface area (Å²) < 4.78 is 40.5. The van der Waals surface area contributed by atoms with Crippen molar-refractivity contribution in [2.24, 2.45) is 11.8 Å². The first-order valence-corrected chi connectivity index (χ1v) is 21.2. The summed E-state index contributed by atoms with van der Waals surface area (Å²) in [6.45, 7) is 5.29. The highest BCUT2D eigenvalue weighted by Crippen LogP contribution is 2.45. The number of carbonyl (C=O) groups is 4. The topological polar surface area (TPSA) is 189 Å². The fourth-order valence-electron chi connectivity index (χ4n) is 8.55. The van der Waals surface area contributed by atoms with Crippen LogP contribution in [0.25, 0.3) is 17.1 Å². The summed E-state index contributed by atoms with van der Waals surface area (Å²) in [6, 6.07) is 3.19. The lowest BCUT2D eigenvalue weighted by molar-refractivity contribution is -0.142. The lowest BCUT2D eigenvalue weighted by Gasteiger charge is -2.33. The van der Waals surface area contributed by atoms with Crippen LogP contribution < -0.4 is 20.1 Å². The molecule has 6 atom stereocenters. The van der Waals surface area contributed by atoms with E-state index in [9.17, 15) is 27.6 Å². The molecule has 16 heteroatoms. The predicted molar refractivity (Wildman–Crippen MR) is 202 cm³/mol. The number of nitrogens with zero attached hydrogens (tertiary/aromatic N) is 4. The van der Waals surface area contributed by atoms with E-state index in [-0.39, 0.29) is 37.4 Å². The fraction of sp³-hybridized carbons (Fsp3) is 0.590. The zero-order chi connectivity index (χ0) is 38.3. The summed E-state index contributed by atoms with van der Waals surface area (Å²) in [7, 11) is -3.89. The van der Waals surface area contributed by atoms with Gasteiger partial charge in [-0.25, -0.2) is 18.2 Å². The Kier molecular flexibility index (Phi) is 10.3. The van der Waals surface area contributed by atoms with E-state index in [0.29, 0.717) is 61.4 Å². The van der Waals surface area contributed by atoms with Gasteiger partial charge in [0.05, 0.1) is 28.9 Å². The lowest BCUT2D eigenvalue weighted by Crippen LogP contribution is -2.59. The third-order valence-corrected chi connectivity index (χ3v) is 13.8. The van der Waals surface area contributed by atoms with Crippen molar-refractivity contribution in [3.8, 4) is 5.88 Å². The summed E-state index contributed by atoms with van der Waals surface area (Å²) >= 11 is 0. The molecular formula is C39H49N7O8S. The number of sulfonamides is 1.